The number of para-hydroxylation sites is 1. The molecule has 2 aromatic rings. The molecule has 0 aliphatic carbocycles. The Kier molecular flexibility index (Phi) is 7.67. The van der Waals surface area contributed by atoms with Gasteiger partial charge in [-0.2, -0.15) is 0 Å². The minimum atomic E-state index is -0.958. The predicted molar refractivity (Wildman–Crippen MR) is 105 cm³/mol. The van der Waals surface area contributed by atoms with Crippen LogP contribution >= 0.6 is 11.6 Å². The molecule has 2 N–H and O–H groups in total. The van der Waals surface area contributed by atoms with Crippen LogP contribution in [-0.2, 0) is 22.4 Å². The van der Waals surface area contributed by atoms with Crippen LogP contribution in [-0.4, -0.2) is 30.6 Å². The lowest BCUT2D eigenvalue weighted by Gasteiger charge is -2.18. The lowest BCUT2D eigenvalue weighted by molar-refractivity contribution is -0.141. The van der Waals surface area contributed by atoms with E-state index in [0.717, 1.165) is 11.1 Å². The summed E-state index contributed by atoms with van der Waals surface area (Å²) in [6.07, 6.45) is 0.772. The van der Waals surface area contributed by atoms with Crippen LogP contribution in [0.15, 0.2) is 48.5 Å². The number of ether oxygens (including phenoxy) is 1. The van der Waals surface area contributed by atoms with E-state index in [4.69, 9.17) is 16.3 Å². The normalized spacial score (nSPS) is 12.9. The molecule has 2 aromatic carbocycles. The van der Waals surface area contributed by atoms with Crippen LogP contribution in [0, 0.1) is 11.8 Å². The highest BCUT2D eigenvalue weighted by Gasteiger charge is 2.22. The van der Waals surface area contributed by atoms with Gasteiger partial charge in [0.25, 0.3) is 0 Å². The minimum Gasteiger partial charge on any atom is -0.496 e. The Morgan fingerprint density at radius 3 is 2.33 bits per heavy atom. The van der Waals surface area contributed by atoms with Crippen molar-refractivity contribution < 1.29 is 19.4 Å². The molecule has 2 unspecified atom stereocenters. The maximum absolute atomic E-state index is 12.4. The Bertz CT molecular complexity index is 793. The molecule has 0 fully saturated rings. The SMILES string of the molecule is COc1ccccc1CC(CNC(=O)C(C)Cc1ccccc1Cl)C(=O)O. The first-order chi connectivity index (χ1) is 12.9. The monoisotopic (exact) mass is 389 g/mol. The first kappa shape index (κ1) is 20.8. The summed E-state index contributed by atoms with van der Waals surface area (Å²) in [4.78, 5) is 24.0. The molecular formula is C21H24ClNO4. The van der Waals surface area contributed by atoms with Crippen molar-refractivity contribution in [3.63, 3.8) is 0 Å². The van der Waals surface area contributed by atoms with Gasteiger partial charge in [0.15, 0.2) is 0 Å². The van der Waals surface area contributed by atoms with Crippen LogP contribution in [0.4, 0.5) is 0 Å². The number of benzene rings is 2. The van der Waals surface area contributed by atoms with Gasteiger partial charge in [-0.3, -0.25) is 9.59 Å². The maximum atomic E-state index is 12.4. The van der Waals surface area contributed by atoms with Crippen molar-refractivity contribution in [1.29, 1.82) is 0 Å². The number of methoxy groups -OCH3 is 1. The second kappa shape index (κ2) is 9.97. The van der Waals surface area contributed by atoms with Crippen LogP contribution in [0.1, 0.15) is 18.1 Å². The molecule has 0 bridgehead atoms. The maximum Gasteiger partial charge on any atom is 0.308 e. The predicted octanol–water partition coefficient (Wildman–Crippen LogP) is 3.59. The highest BCUT2D eigenvalue weighted by Crippen LogP contribution is 2.21. The fourth-order valence-corrected chi connectivity index (χ4v) is 3.08. The second-order valence-electron chi connectivity index (χ2n) is 6.49. The molecule has 27 heavy (non-hydrogen) atoms. The Morgan fingerprint density at radius 1 is 1.07 bits per heavy atom. The standard InChI is InChI=1S/C21H24ClNO4/c1-14(11-15-7-3-5-9-18(15)22)20(24)23-13-17(21(25)26)12-16-8-4-6-10-19(16)27-2/h3-10,14,17H,11-13H2,1-2H3,(H,23,24)(H,25,26). The van der Waals surface area contributed by atoms with Crippen molar-refractivity contribution in [3.8, 4) is 5.75 Å². The fourth-order valence-electron chi connectivity index (χ4n) is 2.87. The van der Waals surface area contributed by atoms with Gasteiger partial charge in [0.05, 0.1) is 13.0 Å². The highest BCUT2D eigenvalue weighted by molar-refractivity contribution is 6.31. The minimum absolute atomic E-state index is 0.0546. The Balaban J connectivity index is 1.95. The molecule has 0 saturated carbocycles. The van der Waals surface area contributed by atoms with Gasteiger partial charge in [-0.1, -0.05) is 54.9 Å². The Labute approximate surface area is 164 Å². The summed E-state index contributed by atoms with van der Waals surface area (Å²) in [7, 11) is 1.55. The first-order valence-electron chi connectivity index (χ1n) is 8.78. The van der Waals surface area contributed by atoms with Gasteiger partial charge in [-0.25, -0.2) is 0 Å². The zero-order valence-corrected chi connectivity index (χ0v) is 16.2. The Hall–Kier alpha value is -2.53. The van der Waals surface area contributed by atoms with E-state index in [1.54, 1.807) is 26.2 Å². The van der Waals surface area contributed by atoms with E-state index < -0.39 is 11.9 Å². The van der Waals surface area contributed by atoms with Gasteiger partial charge >= 0.3 is 5.97 Å². The van der Waals surface area contributed by atoms with E-state index in [1.807, 2.05) is 36.4 Å². The van der Waals surface area contributed by atoms with E-state index in [9.17, 15) is 14.7 Å². The largest absolute Gasteiger partial charge is 0.496 e. The van der Waals surface area contributed by atoms with Gasteiger partial charge in [0.2, 0.25) is 5.91 Å². The summed E-state index contributed by atoms with van der Waals surface area (Å²) in [5.41, 5.74) is 1.69. The molecule has 0 aliphatic rings. The lowest BCUT2D eigenvalue weighted by atomic mass is 9.97. The van der Waals surface area contributed by atoms with Crippen LogP contribution < -0.4 is 10.1 Å². The van der Waals surface area contributed by atoms with E-state index in [0.29, 0.717) is 17.2 Å². The molecule has 6 heteroatoms. The average Bonchev–Trinajstić information content (AvgIpc) is 2.66. The quantitative estimate of drug-likeness (QED) is 0.687. The smallest absolute Gasteiger partial charge is 0.308 e. The summed E-state index contributed by atoms with van der Waals surface area (Å²) in [5, 5.41) is 12.9. The van der Waals surface area contributed by atoms with Gasteiger partial charge in [0.1, 0.15) is 5.75 Å². The number of rotatable bonds is 9. The van der Waals surface area contributed by atoms with Crippen LogP contribution in [0.5, 0.6) is 5.75 Å². The molecule has 2 rings (SSSR count). The number of carboxylic acids is 1. The number of carbonyl (C=O) groups excluding carboxylic acids is 1. The van der Waals surface area contributed by atoms with Crippen LogP contribution in [0.25, 0.3) is 0 Å². The van der Waals surface area contributed by atoms with Crippen LogP contribution in [0.3, 0.4) is 0 Å². The van der Waals surface area contributed by atoms with E-state index >= 15 is 0 Å². The number of hydrogen-bond acceptors (Lipinski definition) is 3. The van der Waals surface area contributed by atoms with Crippen LogP contribution in [0.2, 0.25) is 5.02 Å². The molecule has 0 spiro atoms. The zero-order chi connectivity index (χ0) is 19.8. The summed E-state index contributed by atoms with van der Waals surface area (Å²) in [5.74, 6) is -1.56. The Morgan fingerprint density at radius 2 is 1.70 bits per heavy atom. The molecule has 2 atom stereocenters. The third-order valence-corrected chi connectivity index (χ3v) is 4.83. The van der Waals surface area contributed by atoms with Gasteiger partial charge in [-0.15, -0.1) is 0 Å². The number of amides is 1. The molecule has 0 aliphatic heterocycles. The number of carbonyl (C=O) groups is 2. The van der Waals surface area contributed by atoms with E-state index in [-0.39, 0.29) is 24.8 Å². The fraction of sp³-hybridized carbons (Fsp3) is 0.333. The number of nitrogens with one attached hydrogen (secondary N) is 1. The lowest BCUT2D eigenvalue weighted by Crippen LogP contribution is -2.37. The highest BCUT2D eigenvalue weighted by atomic mass is 35.5. The third-order valence-electron chi connectivity index (χ3n) is 4.46. The van der Waals surface area contributed by atoms with Crippen molar-refractivity contribution in [2.45, 2.75) is 19.8 Å². The molecule has 0 saturated heterocycles. The summed E-state index contributed by atoms with van der Waals surface area (Å²) >= 11 is 6.14. The molecule has 144 valence electrons. The summed E-state index contributed by atoms with van der Waals surface area (Å²) in [6.45, 7) is 1.85. The number of aliphatic carboxylic acids is 1. The van der Waals surface area contributed by atoms with E-state index in [1.165, 1.54) is 0 Å². The molecule has 1 amide bonds. The molecule has 0 heterocycles. The van der Waals surface area contributed by atoms with Gasteiger partial charge in [0, 0.05) is 17.5 Å². The first-order valence-corrected chi connectivity index (χ1v) is 9.16. The van der Waals surface area contributed by atoms with Crippen molar-refractivity contribution in [3.05, 3.63) is 64.7 Å². The van der Waals surface area contributed by atoms with Gasteiger partial charge in [-0.05, 0) is 36.1 Å². The van der Waals surface area contributed by atoms with Crippen molar-refractivity contribution in [2.24, 2.45) is 11.8 Å². The zero-order valence-electron chi connectivity index (χ0n) is 15.4. The number of halogens is 1. The number of hydrogen-bond donors (Lipinski definition) is 2. The topological polar surface area (TPSA) is 75.6 Å². The van der Waals surface area contributed by atoms with Crippen molar-refractivity contribution in [2.75, 3.05) is 13.7 Å². The van der Waals surface area contributed by atoms with Gasteiger partial charge < -0.3 is 15.2 Å². The summed E-state index contributed by atoms with van der Waals surface area (Å²) in [6, 6.07) is 14.7. The number of carboxylic acid groups (broad SMARTS) is 1. The molecular weight excluding hydrogens is 366 g/mol. The van der Waals surface area contributed by atoms with Crippen molar-refractivity contribution in [1.82, 2.24) is 5.32 Å². The summed E-state index contributed by atoms with van der Waals surface area (Å²) < 4.78 is 5.27. The third kappa shape index (κ3) is 6.00. The van der Waals surface area contributed by atoms with E-state index in [2.05, 4.69) is 5.32 Å². The molecule has 0 aromatic heterocycles. The van der Waals surface area contributed by atoms with Crippen molar-refractivity contribution >= 4 is 23.5 Å². The molecule has 5 nitrogen and oxygen atoms in total. The molecule has 0 radical (unpaired) electrons. The average molecular weight is 390 g/mol. The second-order valence-corrected chi connectivity index (χ2v) is 6.90.